The van der Waals surface area contributed by atoms with Gasteiger partial charge in [0.2, 0.25) is 0 Å². The van der Waals surface area contributed by atoms with Gasteiger partial charge in [0.25, 0.3) is 0 Å². The molecule has 2 aromatic heterocycles. The summed E-state index contributed by atoms with van der Waals surface area (Å²) in [5.74, 6) is 0.0991. The number of aryl methyl sites for hydroxylation is 1. The SMILES string of the molecule is CCc1ccc(-n2c(N)c(C(=O)OCC(C)CC)c3nc4ccccc4nc32)cc1. The molecule has 2 heterocycles. The largest absolute Gasteiger partial charge is 0.462 e. The first-order valence-corrected chi connectivity index (χ1v) is 10.4. The van der Waals surface area contributed by atoms with Gasteiger partial charge in [-0.1, -0.05) is 51.5 Å². The van der Waals surface area contributed by atoms with Crippen LogP contribution in [0, 0.1) is 5.92 Å². The number of nitrogens with two attached hydrogens (primary N) is 1. The third-order valence-corrected chi connectivity index (χ3v) is 5.50. The molecule has 0 fully saturated rings. The molecular weight excluding hydrogens is 376 g/mol. The van der Waals surface area contributed by atoms with Crippen LogP contribution < -0.4 is 5.73 Å². The number of fused-ring (bicyclic) bond motifs is 2. The molecular formula is C24H26N4O2. The number of rotatable bonds is 6. The van der Waals surface area contributed by atoms with Crippen LogP contribution in [0.4, 0.5) is 5.82 Å². The molecule has 0 bridgehead atoms. The number of anilines is 1. The molecule has 0 aliphatic carbocycles. The van der Waals surface area contributed by atoms with Gasteiger partial charge in [0.1, 0.15) is 16.9 Å². The quantitative estimate of drug-likeness (QED) is 0.463. The summed E-state index contributed by atoms with van der Waals surface area (Å²) in [4.78, 5) is 22.5. The van der Waals surface area contributed by atoms with Crippen molar-refractivity contribution in [3.8, 4) is 5.69 Å². The van der Waals surface area contributed by atoms with Crippen molar-refractivity contribution in [2.45, 2.75) is 33.6 Å². The maximum absolute atomic E-state index is 13.0. The summed E-state index contributed by atoms with van der Waals surface area (Å²) in [6, 6.07) is 15.7. The molecule has 6 nitrogen and oxygen atoms in total. The molecule has 0 saturated carbocycles. The Balaban J connectivity index is 1.92. The number of aromatic nitrogens is 3. The number of nitrogens with zero attached hydrogens (tertiary/aromatic N) is 3. The van der Waals surface area contributed by atoms with Crippen molar-refractivity contribution < 1.29 is 9.53 Å². The van der Waals surface area contributed by atoms with Gasteiger partial charge in [-0.05, 0) is 42.2 Å². The molecule has 0 amide bonds. The highest BCUT2D eigenvalue weighted by molar-refractivity contribution is 6.09. The first-order chi connectivity index (χ1) is 14.5. The monoisotopic (exact) mass is 402 g/mol. The van der Waals surface area contributed by atoms with E-state index in [0.717, 1.165) is 24.0 Å². The van der Waals surface area contributed by atoms with E-state index in [1.54, 1.807) is 4.57 Å². The molecule has 30 heavy (non-hydrogen) atoms. The van der Waals surface area contributed by atoms with E-state index in [9.17, 15) is 4.79 Å². The zero-order valence-electron chi connectivity index (χ0n) is 17.6. The van der Waals surface area contributed by atoms with Gasteiger partial charge in [-0.25, -0.2) is 14.8 Å². The molecule has 0 aliphatic rings. The van der Waals surface area contributed by atoms with Crippen molar-refractivity contribution in [3.63, 3.8) is 0 Å². The van der Waals surface area contributed by atoms with Gasteiger partial charge >= 0.3 is 5.97 Å². The number of nitrogen functional groups attached to an aromatic ring is 1. The smallest absolute Gasteiger partial charge is 0.344 e. The third-order valence-electron chi connectivity index (χ3n) is 5.50. The van der Waals surface area contributed by atoms with Crippen molar-refractivity contribution in [2.75, 3.05) is 12.3 Å². The Hall–Kier alpha value is -3.41. The molecule has 6 heteroatoms. The van der Waals surface area contributed by atoms with E-state index in [1.807, 2.05) is 43.3 Å². The maximum atomic E-state index is 13.0. The van der Waals surface area contributed by atoms with Crippen LogP contribution in [0.25, 0.3) is 27.9 Å². The summed E-state index contributed by atoms with van der Waals surface area (Å²) < 4.78 is 7.35. The molecule has 1 unspecified atom stereocenters. The Labute approximate surface area is 175 Å². The maximum Gasteiger partial charge on any atom is 0.344 e. The average molecular weight is 402 g/mol. The minimum absolute atomic E-state index is 0.270. The van der Waals surface area contributed by atoms with Crippen LogP contribution in [0.2, 0.25) is 0 Å². The van der Waals surface area contributed by atoms with Gasteiger partial charge in [-0.3, -0.25) is 4.57 Å². The third kappa shape index (κ3) is 3.49. The van der Waals surface area contributed by atoms with Gasteiger partial charge < -0.3 is 10.5 Å². The van der Waals surface area contributed by atoms with E-state index in [0.29, 0.717) is 29.1 Å². The number of hydrogen-bond donors (Lipinski definition) is 1. The van der Waals surface area contributed by atoms with Gasteiger partial charge in [0.05, 0.1) is 17.6 Å². The lowest BCUT2D eigenvalue weighted by Gasteiger charge is -2.10. The summed E-state index contributed by atoms with van der Waals surface area (Å²) in [7, 11) is 0. The number of hydrogen-bond acceptors (Lipinski definition) is 5. The van der Waals surface area contributed by atoms with Gasteiger partial charge in [0, 0.05) is 5.69 Å². The van der Waals surface area contributed by atoms with Crippen LogP contribution in [0.15, 0.2) is 48.5 Å². The lowest BCUT2D eigenvalue weighted by atomic mass is 10.1. The first kappa shape index (κ1) is 19.9. The van der Waals surface area contributed by atoms with Crippen molar-refractivity contribution in [1.82, 2.24) is 14.5 Å². The van der Waals surface area contributed by atoms with E-state index in [-0.39, 0.29) is 11.5 Å². The predicted molar refractivity (Wildman–Crippen MR) is 120 cm³/mol. The molecule has 2 N–H and O–H groups in total. The van der Waals surface area contributed by atoms with Crippen LogP contribution in [0.5, 0.6) is 0 Å². The molecule has 4 aromatic rings. The number of benzene rings is 2. The molecule has 0 spiro atoms. The van der Waals surface area contributed by atoms with Crippen LogP contribution in [-0.2, 0) is 11.2 Å². The lowest BCUT2D eigenvalue weighted by molar-refractivity contribution is 0.0450. The molecule has 154 valence electrons. The Morgan fingerprint density at radius 3 is 2.37 bits per heavy atom. The first-order valence-electron chi connectivity index (χ1n) is 10.4. The minimum Gasteiger partial charge on any atom is -0.462 e. The Kier molecular flexibility index (Phi) is 5.40. The number of ether oxygens (including phenoxy) is 1. The van der Waals surface area contributed by atoms with Gasteiger partial charge in [-0.15, -0.1) is 0 Å². The summed E-state index contributed by atoms with van der Waals surface area (Å²) in [5.41, 5.74) is 11.3. The fourth-order valence-corrected chi connectivity index (χ4v) is 3.41. The molecule has 0 radical (unpaired) electrons. The Morgan fingerprint density at radius 1 is 1.07 bits per heavy atom. The summed E-state index contributed by atoms with van der Waals surface area (Å²) in [6.45, 7) is 6.56. The topological polar surface area (TPSA) is 83.0 Å². The average Bonchev–Trinajstić information content (AvgIpc) is 3.06. The van der Waals surface area contributed by atoms with E-state index < -0.39 is 5.97 Å². The summed E-state index contributed by atoms with van der Waals surface area (Å²) in [6.07, 6.45) is 1.87. The van der Waals surface area contributed by atoms with Gasteiger partial charge in [-0.2, -0.15) is 0 Å². The highest BCUT2D eigenvalue weighted by Gasteiger charge is 2.26. The van der Waals surface area contributed by atoms with Crippen LogP contribution in [-0.4, -0.2) is 27.1 Å². The van der Waals surface area contributed by atoms with E-state index in [2.05, 4.69) is 26.0 Å². The molecule has 4 rings (SSSR count). The molecule has 0 saturated heterocycles. The number of carbonyl (C=O) groups excluding carboxylic acids is 1. The van der Waals surface area contributed by atoms with Crippen LogP contribution in [0.3, 0.4) is 0 Å². The highest BCUT2D eigenvalue weighted by atomic mass is 16.5. The molecule has 2 aromatic carbocycles. The van der Waals surface area contributed by atoms with Crippen LogP contribution >= 0.6 is 0 Å². The van der Waals surface area contributed by atoms with Crippen molar-refractivity contribution in [3.05, 3.63) is 59.7 Å². The number of esters is 1. The summed E-state index contributed by atoms with van der Waals surface area (Å²) >= 11 is 0. The second-order valence-electron chi connectivity index (χ2n) is 7.61. The van der Waals surface area contributed by atoms with E-state index in [4.69, 9.17) is 20.4 Å². The standard InChI is InChI=1S/C24H26N4O2/c1-4-15(3)14-30-24(29)20-21-23(27-19-9-7-6-8-18(19)26-21)28(22(20)25)17-12-10-16(5-2)11-13-17/h6-13,15H,4-5,14,25H2,1-3H3. The number of carbonyl (C=O) groups is 1. The highest BCUT2D eigenvalue weighted by Crippen LogP contribution is 2.31. The molecule has 1 atom stereocenters. The minimum atomic E-state index is -0.466. The molecule has 0 aliphatic heterocycles. The van der Waals surface area contributed by atoms with Crippen molar-refractivity contribution in [1.29, 1.82) is 0 Å². The summed E-state index contributed by atoms with van der Waals surface area (Å²) in [5, 5.41) is 0. The zero-order valence-corrected chi connectivity index (χ0v) is 17.6. The second-order valence-corrected chi connectivity index (χ2v) is 7.61. The van der Waals surface area contributed by atoms with Crippen LogP contribution in [0.1, 0.15) is 43.1 Å². The number of para-hydroxylation sites is 2. The Morgan fingerprint density at radius 2 is 1.73 bits per heavy atom. The normalized spacial score (nSPS) is 12.4. The van der Waals surface area contributed by atoms with Crippen molar-refractivity contribution in [2.24, 2.45) is 5.92 Å². The lowest BCUT2D eigenvalue weighted by Crippen LogP contribution is -2.13. The van der Waals surface area contributed by atoms with E-state index in [1.165, 1.54) is 5.56 Å². The van der Waals surface area contributed by atoms with Gasteiger partial charge in [0.15, 0.2) is 5.65 Å². The predicted octanol–water partition coefficient (Wildman–Crippen LogP) is 4.92. The fraction of sp³-hybridized carbons (Fsp3) is 0.292. The Bertz CT molecular complexity index is 1210. The second kappa shape index (κ2) is 8.14. The van der Waals surface area contributed by atoms with E-state index >= 15 is 0 Å². The van der Waals surface area contributed by atoms with Crippen molar-refractivity contribution >= 4 is 34.0 Å². The zero-order chi connectivity index (χ0) is 21.3. The fourth-order valence-electron chi connectivity index (χ4n) is 3.41.